The summed E-state index contributed by atoms with van der Waals surface area (Å²) in [6.45, 7) is 1.88. The molecule has 2 aromatic rings. The van der Waals surface area contributed by atoms with E-state index < -0.39 is 17.8 Å². The van der Waals surface area contributed by atoms with E-state index in [1.165, 1.54) is 12.4 Å². The quantitative estimate of drug-likeness (QED) is 0.879. The molecule has 6 nitrogen and oxygen atoms in total. The molecule has 2 N–H and O–H groups in total. The molecule has 1 saturated heterocycles. The van der Waals surface area contributed by atoms with Gasteiger partial charge in [0, 0.05) is 6.07 Å². The van der Waals surface area contributed by atoms with E-state index in [2.05, 4.69) is 15.3 Å². The van der Waals surface area contributed by atoms with Crippen molar-refractivity contribution in [2.75, 3.05) is 5.32 Å². The number of nitrogens with zero attached hydrogens (tertiary/aromatic N) is 1. The van der Waals surface area contributed by atoms with Crippen molar-refractivity contribution in [3.8, 4) is 0 Å². The Hall–Kier alpha value is -2.28. The highest BCUT2D eigenvalue weighted by Crippen LogP contribution is 2.23. The van der Waals surface area contributed by atoms with Crippen molar-refractivity contribution < 1.29 is 13.9 Å². The smallest absolute Gasteiger partial charge is 0.258 e. The fourth-order valence-corrected chi connectivity index (χ4v) is 2.39. The first-order chi connectivity index (χ1) is 10.0. The Morgan fingerprint density at radius 3 is 3.00 bits per heavy atom. The van der Waals surface area contributed by atoms with Gasteiger partial charge in [-0.2, -0.15) is 0 Å². The van der Waals surface area contributed by atoms with E-state index >= 15 is 0 Å². The molecule has 7 heteroatoms. The lowest BCUT2D eigenvalue weighted by Crippen LogP contribution is -2.28. The maximum absolute atomic E-state index is 14.0. The zero-order chi connectivity index (χ0) is 15.0. The molecule has 1 amide bonds. The van der Waals surface area contributed by atoms with Crippen LogP contribution in [0.5, 0.6) is 0 Å². The van der Waals surface area contributed by atoms with Crippen LogP contribution in [0.25, 0.3) is 10.9 Å². The molecule has 110 valence electrons. The average Bonchev–Trinajstić information content (AvgIpc) is 2.87. The number of nitrogens with one attached hydrogen (secondary N) is 2. The lowest BCUT2D eigenvalue weighted by molar-refractivity contribution is -0.126. The van der Waals surface area contributed by atoms with Gasteiger partial charge in [0.1, 0.15) is 11.9 Å². The van der Waals surface area contributed by atoms with Gasteiger partial charge in [0.2, 0.25) is 0 Å². The van der Waals surface area contributed by atoms with Crippen molar-refractivity contribution in [1.82, 2.24) is 9.97 Å². The van der Waals surface area contributed by atoms with Crippen LogP contribution in [-0.2, 0) is 9.53 Å². The summed E-state index contributed by atoms with van der Waals surface area (Å²) in [6, 6.07) is 2.41. The second-order valence-electron chi connectivity index (χ2n) is 5.08. The molecule has 1 fully saturated rings. The molecule has 3 rings (SSSR count). The molecule has 0 bridgehead atoms. The Morgan fingerprint density at radius 1 is 1.48 bits per heavy atom. The molecule has 2 heterocycles. The van der Waals surface area contributed by atoms with Gasteiger partial charge >= 0.3 is 0 Å². The summed E-state index contributed by atoms with van der Waals surface area (Å²) in [5.41, 5.74) is -0.199. The predicted octanol–water partition coefficient (Wildman–Crippen LogP) is 1.57. The Morgan fingerprint density at radius 2 is 2.29 bits per heavy atom. The van der Waals surface area contributed by atoms with Gasteiger partial charge in [0.15, 0.2) is 0 Å². The number of ether oxygens (including phenoxy) is 1. The highest BCUT2D eigenvalue weighted by atomic mass is 19.1. The minimum atomic E-state index is -0.639. The van der Waals surface area contributed by atoms with Crippen molar-refractivity contribution in [3.05, 3.63) is 34.6 Å². The summed E-state index contributed by atoms with van der Waals surface area (Å²) >= 11 is 0. The van der Waals surface area contributed by atoms with E-state index in [9.17, 15) is 14.0 Å². The lowest BCUT2D eigenvalue weighted by atomic mass is 10.1. The number of anilines is 1. The summed E-state index contributed by atoms with van der Waals surface area (Å²) < 4.78 is 19.4. The molecule has 21 heavy (non-hydrogen) atoms. The monoisotopic (exact) mass is 291 g/mol. The van der Waals surface area contributed by atoms with Crippen LogP contribution < -0.4 is 10.9 Å². The minimum Gasteiger partial charge on any atom is -0.365 e. The highest BCUT2D eigenvalue weighted by molar-refractivity contribution is 5.96. The van der Waals surface area contributed by atoms with E-state index in [1.54, 1.807) is 0 Å². The second-order valence-corrected chi connectivity index (χ2v) is 5.08. The van der Waals surface area contributed by atoms with Gasteiger partial charge in [-0.1, -0.05) is 0 Å². The van der Waals surface area contributed by atoms with E-state index in [1.807, 2.05) is 6.92 Å². The van der Waals surface area contributed by atoms with Gasteiger partial charge in [-0.05, 0) is 25.8 Å². The summed E-state index contributed by atoms with van der Waals surface area (Å²) in [6.07, 6.45) is 2.04. The van der Waals surface area contributed by atoms with Crippen LogP contribution >= 0.6 is 0 Å². The normalized spacial score (nSPS) is 21.6. The number of aromatic nitrogens is 2. The van der Waals surface area contributed by atoms with Crippen LogP contribution in [0.4, 0.5) is 10.1 Å². The standard InChI is InChI=1S/C14H14FN3O3/c1-7-2-3-12(21-7)14(20)18-11-4-8-10(5-9(11)15)16-6-17-13(8)19/h4-7,12H,2-3H2,1H3,(H,18,20)(H,16,17,19). The van der Waals surface area contributed by atoms with Crippen LogP contribution in [-0.4, -0.2) is 28.1 Å². The fraction of sp³-hybridized carbons (Fsp3) is 0.357. The Balaban J connectivity index is 1.90. The second kappa shape index (κ2) is 5.25. The van der Waals surface area contributed by atoms with Gasteiger partial charge in [-0.3, -0.25) is 9.59 Å². The molecule has 0 spiro atoms. The molecule has 1 aromatic heterocycles. The number of carbonyl (C=O) groups is 1. The topological polar surface area (TPSA) is 84.1 Å². The molecule has 2 atom stereocenters. The van der Waals surface area contributed by atoms with Crippen molar-refractivity contribution in [2.24, 2.45) is 0 Å². The largest absolute Gasteiger partial charge is 0.365 e. The van der Waals surface area contributed by atoms with Crippen LogP contribution in [0.3, 0.4) is 0 Å². The van der Waals surface area contributed by atoms with Crippen LogP contribution in [0, 0.1) is 5.82 Å². The Kier molecular flexibility index (Phi) is 3.42. The lowest BCUT2D eigenvalue weighted by Gasteiger charge is -2.12. The minimum absolute atomic E-state index is 0.0224. The van der Waals surface area contributed by atoms with Crippen LogP contribution in [0.15, 0.2) is 23.3 Å². The highest BCUT2D eigenvalue weighted by Gasteiger charge is 2.28. The van der Waals surface area contributed by atoms with Gasteiger partial charge in [0.05, 0.1) is 29.0 Å². The number of hydrogen-bond acceptors (Lipinski definition) is 4. The molecule has 2 unspecified atom stereocenters. The average molecular weight is 291 g/mol. The third-order valence-electron chi connectivity index (χ3n) is 3.51. The first kappa shape index (κ1) is 13.7. The fourth-order valence-electron chi connectivity index (χ4n) is 2.39. The molecule has 0 aliphatic carbocycles. The van der Waals surface area contributed by atoms with Gasteiger partial charge in [-0.15, -0.1) is 0 Å². The van der Waals surface area contributed by atoms with Crippen molar-refractivity contribution >= 4 is 22.5 Å². The number of halogens is 1. The SMILES string of the molecule is CC1CCC(C(=O)Nc2cc3c(=O)[nH]cnc3cc2F)O1. The summed E-state index contributed by atoms with van der Waals surface area (Å²) in [4.78, 5) is 30.0. The van der Waals surface area contributed by atoms with E-state index in [-0.39, 0.29) is 28.3 Å². The third-order valence-corrected chi connectivity index (χ3v) is 3.51. The number of hydrogen-bond donors (Lipinski definition) is 2. The van der Waals surface area contributed by atoms with Crippen LogP contribution in [0.1, 0.15) is 19.8 Å². The summed E-state index contributed by atoms with van der Waals surface area (Å²) in [7, 11) is 0. The Labute approximate surface area is 119 Å². The summed E-state index contributed by atoms with van der Waals surface area (Å²) in [5.74, 6) is -1.04. The molecular formula is C14H14FN3O3. The Bertz CT molecular complexity index is 759. The maximum Gasteiger partial charge on any atom is 0.258 e. The molecule has 0 saturated carbocycles. The summed E-state index contributed by atoms with van der Waals surface area (Å²) in [5, 5.41) is 2.69. The van der Waals surface area contributed by atoms with E-state index in [4.69, 9.17) is 4.74 Å². The number of H-pyrrole nitrogens is 1. The van der Waals surface area contributed by atoms with E-state index in [0.29, 0.717) is 6.42 Å². The zero-order valence-corrected chi connectivity index (χ0v) is 11.4. The predicted molar refractivity (Wildman–Crippen MR) is 74.5 cm³/mol. The number of rotatable bonds is 2. The molecule has 1 aliphatic heterocycles. The number of benzene rings is 1. The first-order valence-electron chi connectivity index (χ1n) is 6.68. The number of aromatic amines is 1. The maximum atomic E-state index is 14.0. The molecular weight excluding hydrogens is 277 g/mol. The van der Waals surface area contributed by atoms with Gasteiger partial charge < -0.3 is 15.0 Å². The number of carbonyl (C=O) groups excluding carboxylic acids is 1. The first-order valence-corrected chi connectivity index (χ1v) is 6.68. The van der Waals surface area contributed by atoms with Gasteiger partial charge in [-0.25, -0.2) is 9.37 Å². The third kappa shape index (κ3) is 2.64. The van der Waals surface area contributed by atoms with Gasteiger partial charge in [0.25, 0.3) is 11.5 Å². The van der Waals surface area contributed by atoms with E-state index in [0.717, 1.165) is 12.5 Å². The number of fused-ring (bicyclic) bond motifs is 1. The van der Waals surface area contributed by atoms with Crippen LogP contribution in [0.2, 0.25) is 0 Å². The van der Waals surface area contributed by atoms with Crippen molar-refractivity contribution in [2.45, 2.75) is 32.0 Å². The molecule has 1 aliphatic rings. The molecule has 0 radical (unpaired) electrons. The van der Waals surface area contributed by atoms with Crippen molar-refractivity contribution in [3.63, 3.8) is 0 Å². The number of amides is 1. The molecule has 1 aromatic carbocycles. The zero-order valence-electron chi connectivity index (χ0n) is 11.4. The van der Waals surface area contributed by atoms with Crippen molar-refractivity contribution in [1.29, 1.82) is 0 Å².